The van der Waals surface area contributed by atoms with Crippen LogP contribution in [-0.4, -0.2) is 42.4 Å². The average Bonchev–Trinajstić information content (AvgIpc) is 2.54. The molecule has 0 aromatic heterocycles. The smallest absolute Gasteiger partial charge is 0.327 e. The van der Waals surface area contributed by atoms with Crippen molar-refractivity contribution >= 4 is 17.6 Å². The zero-order valence-corrected chi connectivity index (χ0v) is 13.8. The summed E-state index contributed by atoms with van der Waals surface area (Å²) in [4.78, 5) is 23.4. The van der Waals surface area contributed by atoms with Gasteiger partial charge >= 0.3 is 11.9 Å². The largest absolute Gasteiger partial charge is 0.493 e. The highest BCUT2D eigenvalue weighted by Crippen LogP contribution is 2.35. The number of rotatable bonds is 9. The highest BCUT2D eigenvalue weighted by molar-refractivity contribution is 5.88. The number of anilines is 1. The van der Waals surface area contributed by atoms with Crippen LogP contribution < -0.4 is 14.8 Å². The lowest BCUT2D eigenvalue weighted by atomic mass is 9.75. The Morgan fingerprint density at radius 3 is 2.09 bits per heavy atom. The molecule has 0 saturated heterocycles. The first kappa shape index (κ1) is 18.6. The van der Waals surface area contributed by atoms with E-state index >= 15 is 0 Å². The van der Waals surface area contributed by atoms with E-state index in [0.717, 1.165) is 0 Å². The number of methoxy groups -OCH3 is 2. The van der Waals surface area contributed by atoms with Gasteiger partial charge in [-0.25, -0.2) is 4.79 Å². The van der Waals surface area contributed by atoms with Gasteiger partial charge < -0.3 is 25.0 Å². The number of nitrogens with one attached hydrogen (secondary N) is 1. The molecule has 7 nitrogen and oxygen atoms in total. The summed E-state index contributed by atoms with van der Waals surface area (Å²) in [6, 6.07) is 3.55. The number of aliphatic carboxylic acids is 2. The third-order valence-electron chi connectivity index (χ3n) is 4.18. The van der Waals surface area contributed by atoms with E-state index in [1.54, 1.807) is 32.0 Å². The third kappa shape index (κ3) is 3.67. The second-order valence-electron chi connectivity index (χ2n) is 5.15. The molecule has 1 unspecified atom stereocenters. The molecule has 1 rings (SSSR count). The van der Waals surface area contributed by atoms with E-state index in [1.165, 1.54) is 14.2 Å². The lowest BCUT2D eigenvalue weighted by molar-refractivity contribution is -0.157. The van der Waals surface area contributed by atoms with E-state index in [9.17, 15) is 19.8 Å². The molecule has 0 aliphatic carbocycles. The summed E-state index contributed by atoms with van der Waals surface area (Å²) in [5, 5.41) is 21.9. The second-order valence-corrected chi connectivity index (χ2v) is 5.15. The van der Waals surface area contributed by atoms with Gasteiger partial charge in [0.1, 0.15) is 6.04 Å². The lowest BCUT2D eigenvalue weighted by Crippen LogP contribution is -2.50. The predicted octanol–water partition coefficient (Wildman–Crippen LogP) is 2.46. The van der Waals surface area contributed by atoms with Crippen LogP contribution in [0.1, 0.15) is 26.7 Å². The molecule has 128 valence electrons. The van der Waals surface area contributed by atoms with Gasteiger partial charge in [0.25, 0.3) is 0 Å². The number of carbonyl (C=O) groups is 2. The van der Waals surface area contributed by atoms with Crippen molar-refractivity contribution in [2.45, 2.75) is 32.7 Å². The summed E-state index contributed by atoms with van der Waals surface area (Å²) in [6.45, 7) is 3.34. The molecule has 0 bridgehead atoms. The first-order chi connectivity index (χ1) is 10.9. The van der Waals surface area contributed by atoms with Crippen LogP contribution in [0.5, 0.6) is 11.5 Å². The van der Waals surface area contributed by atoms with Crippen LogP contribution in [0.4, 0.5) is 5.69 Å². The molecule has 1 aromatic rings. The molecule has 1 atom stereocenters. The standard InChI is InChI=1S/C16H23NO6/c1-5-16(6-2,15(20)21)13(14(18)19)17-10-7-8-11(22-3)12(9-10)23-4/h7-9,13,17H,5-6H2,1-4H3,(H,18,19)(H,20,21). The molecule has 0 spiro atoms. The number of carboxylic acid groups (broad SMARTS) is 2. The summed E-state index contributed by atoms with van der Waals surface area (Å²) in [7, 11) is 2.96. The molecule has 23 heavy (non-hydrogen) atoms. The first-order valence-corrected chi connectivity index (χ1v) is 7.31. The Balaban J connectivity index is 3.24. The monoisotopic (exact) mass is 325 g/mol. The third-order valence-corrected chi connectivity index (χ3v) is 4.18. The number of hydrogen-bond acceptors (Lipinski definition) is 5. The SMILES string of the molecule is CCC(CC)(C(=O)O)C(Nc1ccc(OC)c(OC)c1)C(=O)O. The van der Waals surface area contributed by atoms with Crippen molar-refractivity contribution in [2.75, 3.05) is 19.5 Å². The quantitative estimate of drug-likeness (QED) is 0.640. The fraction of sp³-hybridized carbons (Fsp3) is 0.500. The zero-order chi connectivity index (χ0) is 17.6. The zero-order valence-electron chi connectivity index (χ0n) is 13.8. The molecule has 0 aliphatic heterocycles. The van der Waals surface area contributed by atoms with Crippen molar-refractivity contribution in [1.29, 1.82) is 0 Å². The highest BCUT2D eigenvalue weighted by Gasteiger charge is 2.47. The minimum atomic E-state index is -1.40. The van der Waals surface area contributed by atoms with E-state index in [2.05, 4.69) is 5.32 Å². The number of carboxylic acids is 2. The van der Waals surface area contributed by atoms with E-state index in [0.29, 0.717) is 17.2 Å². The Kier molecular flexibility index (Phi) is 6.24. The van der Waals surface area contributed by atoms with Crippen molar-refractivity contribution in [1.82, 2.24) is 0 Å². The minimum absolute atomic E-state index is 0.191. The normalized spacial score (nSPS) is 12.3. The van der Waals surface area contributed by atoms with Gasteiger partial charge in [-0.2, -0.15) is 0 Å². The fourth-order valence-electron chi connectivity index (χ4n) is 2.61. The predicted molar refractivity (Wildman–Crippen MR) is 85.2 cm³/mol. The summed E-state index contributed by atoms with van der Waals surface area (Å²) in [5.74, 6) is -1.43. The molecule has 7 heteroatoms. The van der Waals surface area contributed by atoms with Gasteiger partial charge in [0.2, 0.25) is 0 Å². The minimum Gasteiger partial charge on any atom is -0.493 e. The lowest BCUT2D eigenvalue weighted by Gasteiger charge is -2.34. The molecule has 1 aromatic carbocycles. The van der Waals surface area contributed by atoms with Crippen molar-refractivity contribution in [3.63, 3.8) is 0 Å². The van der Waals surface area contributed by atoms with Gasteiger partial charge in [-0.05, 0) is 25.0 Å². The molecule has 0 radical (unpaired) electrons. The average molecular weight is 325 g/mol. The number of ether oxygens (including phenoxy) is 2. The molecular formula is C16H23NO6. The summed E-state index contributed by atoms with van der Waals surface area (Å²) < 4.78 is 10.3. The van der Waals surface area contributed by atoms with E-state index in [1.807, 2.05) is 0 Å². The van der Waals surface area contributed by atoms with Crippen molar-refractivity contribution in [3.05, 3.63) is 18.2 Å². The van der Waals surface area contributed by atoms with Crippen LogP contribution >= 0.6 is 0 Å². The number of hydrogen-bond donors (Lipinski definition) is 3. The van der Waals surface area contributed by atoms with E-state index in [-0.39, 0.29) is 12.8 Å². The fourth-order valence-corrected chi connectivity index (χ4v) is 2.61. The highest BCUT2D eigenvalue weighted by atomic mass is 16.5. The van der Waals surface area contributed by atoms with Gasteiger partial charge in [-0.3, -0.25) is 4.79 Å². The van der Waals surface area contributed by atoms with Crippen LogP contribution in [0.25, 0.3) is 0 Å². The van der Waals surface area contributed by atoms with Crippen LogP contribution in [-0.2, 0) is 9.59 Å². The summed E-state index contributed by atoms with van der Waals surface area (Å²) >= 11 is 0. The van der Waals surface area contributed by atoms with Gasteiger partial charge in [0.05, 0.1) is 19.6 Å². The van der Waals surface area contributed by atoms with Crippen molar-refractivity contribution < 1.29 is 29.3 Å². The van der Waals surface area contributed by atoms with E-state index < -0.39 is 23.4 Å². The molecule has 0 aliphatic rings. The molecule has 0 amide bonds. The van der Waals surface area contributed by atoms with Crippen LogP contribution in [0.2, 0.25) is 0 Å². The Hall–Kier alpha value is -2.44. The maximum absolute atomic E-state index is 11.7. The van der Waals surface area contributed by atoms with Crippen molar-refractivity contribution in [2.24, 2.45) is 5.41 Å². The van der Waals surface area contributed by atoms with Crippen LogP contribution in [0.3, 0.4) is 0 Å². The molecule has 0 heterocycles. The van der Waals surface area contributed by atoms with Gasteiger partial charge in [0.15, 0.2) is 11.5 Å². The van der Waals surface area contributed by atoms with E-state index in [4.69, 9.17) is 9.47 Å². The molecular weight excluding hydrogens is 302 g/mol. The summed E-state index contributed by atoms with van der Waals surface area (Å²) in [6.07, 6.45) is 0.381. The number of benzene rings is 1. The topological polar surface area (TPSA) is 105 Å². The maximum Gasteiger partial charge on any atom is 0.327 e. The molecule has 0 saturated carbocycles. The Morgan fingerprint density at radius 2 is 1.70 bits per heavy atom. The van der Waals surface area contributed by atoms with Gasteiger partial charge in [-0.1, -0.05) is 13.8 Å². The summed E-state index contributed by atoms with van der Waals surface area (Å²) in [5.41, 5.74) is -0.957. The first-order valence-electron chi connectivity index (χ1n) is 7.31. The Bertz CT molecular complexity index is 568. The van der Waals surface area contributed by atoms with Crippen LogP contribution in [0, 0.1) is 5.41 Å². The van der Waals surface area contributed by atoms with Gasteiger partial charge in [-0.15, -0.1) is 0 Å². The Labute approximate surface area is 135 Å². The molecule has 3 N–H and O–H groups in total. The molecule has 0 fully saturated rings. The van der Waals surface area contributed by atoms with Crippen molar-refractivity contribution in [3.8, 4) is 11.5 Å². The maximum atomic E-state index is 11.7. The Morgan fingerprint density at radius 1 is 1.13 bits per heavy atom. The van der Waals surface area contributed by atoms with Gasteiger partial charge in [0, 0.05) is 11.8 Å². The second kappa shape index (κ2) is 7.71. The van der Waals surface area contributed by atoms with Crippen LogP contribution in [0.15, 0.2) is 18.2 Å².